The smallest absolute Gasteiger partial charge is 0.337 e. The Kier molecular flexibility index (Phi) is 4.88. The number of rotatable bonds is 5. The number of aromatic nitrogens is 3. The van der Waals surface area contributed by atoms with Gasteiger partial charge in [0.1, 0.15) is 11.5 Å². The third kappa shape index (κ3) is 4.01. The van der Waals surface area contributed by atoms with Gasteiger partial charge in [-0.25, -0.2) is 14.8 Å². The number of esters is 1. The van der Waals surface area contributed by atoms with E-state index in [9.17, 15) is 9.59 Å². The number of amides is 1. The van der Waals surface area contributed by atoms with Gasteiger partial charge in [-0.3, -0.25) is 4.79 Å². The van der Waals surface area contributed by atoms with Crippen molar-refractivity contribution in [1.29, 1.82) is 0 Å². The Morgan fingerprint density at radius 1 is 1.15 bits per heavy atom. The van der Waals surface area contributed by atoms with Crippen molar-refractivity contribution in [2.24, 2.45) is 0 Å². The summed E-state index contributed by atoms with van der Waals surface area (Å²) in [4.78, 5) is 31.9. The van der Waals surface area contributed by atoms with Crippen LogP contribution in [0.2, 0.25) is 0 Å². The molecule has 0 atom stereocenters. The lowest BCUT2D eigenvalue weighted by molar-refractivity contribution is 0.0600. The van der Waals surface area contributed by atoms with E-state index in [-0.39, 0.29) is 11.6 Å². The predicted molar refractivity (Wildman–Crippen MR) is 92.3 cm³/mol. The molecule has 1 aromatic carbocycles. The van der Waals surface area contributed by atoms with Gasteiger partial charge in [-0.05, 0) is 37.3 Å². The fourth-order valence-electron chi connectivity index (χ4n) is 2.09. The number of anilines is 3. The molecule has 9 heteroatoms. The number of carbonyl (C=O) groups excluding carboxylic acids is 2. The SMILES string of the molecule is COC(=O)c1ccc(NC(=O)c2ccnc(Nc3cc(C)on3)n2)cc1. The minimum atomic E-state index is -0.447. The van der Waals surface area contributed by atoms with Gasteiger partial charge in [0.05, 0.1) is 12.7 Å². The number of aryl methyl sites for hydroxylation is 1. The number of hydrogen-bond acceptors (Lipinski definition) is 8. The summed E-state index contributed by atoms with van der Waals surface area (Å²) in [6, 6.07) is 9.48. The second kappa shape index (κ2) is 7.43. The first kappa shape index (κ1) is 17.1. The van der Waals surface area contributed by atoms with Crippen LogP contribution < -0.4 is 10.6 Å². The Morgan fingerprint density at radius 3 is 2.58 bits per heavy atom. The van der Waals surface area contributed by atoms with Crippen LogP contribution in [0.4, 0.5) is 17.5 Å². The molecule has 0 unspecified atom stereocenters. The molecule has 0 aliphatic heterocycles. The highest BCUT2D eigenvalue weighted by atomic mass is 16.5. The lowest BCUT2D eigenvalue weighted by Crippen LogP contribution is -2.15. The van der Waals surface area contributed by atoms with Crippen LogP contribution in [0.15, 0.2) is 47.1 Å². The highest BCUT2D eigenvalue weighted by Crippen LogP contribution is 2.14. The van der Waals surface area contributed by atoms with Crippen molar-refractivity contribution in [2.45, 2.75) is 6.92 Å². The molecule has 3 rings (SSSR count). The summed E-state index contributed by atoms with van der Waals surface area (Å²) in [5.74, 6) is 0.428. The lowest BCUT2D eigenvalue weighted by Gasteiger charge is -2.07. The van der Waals surface area contributed by atoms with Gasteiger partial charge in [0.25, 0.3) is 5.91 Å². The van der Waals surface area contributed by atoms with Gasteiger partial charge in [-0.1, -0.05) is 5.16 Å². The van der Waals surface area contributed by atoms with Crippen LogP contribution in [0, 0.1) is 6.92 Å². The van der Waals surface area contributed by atoms with Crippen molar-refractivity contribution in [3.8, 4) is 0 Å². The van der Waals surface area contributed by atoms with E-state index in [1.807, 2.05) is 0 Å². The monoisotopic (exact) mass is 353 g/mol. The van der Waals surface area contributed by atoms with Crippen molar-refractivity contribution in [3.63, 3.8) is 0 Å². The van der Waals surface area contributed by atoms with Crippen LogP contribution in [0.5, 0.6) is 0 Å². The summed E-state index contributed by atoms with van der Waals surface area (Å²) < 4.78 is 9.58. The Balaban J connectivity index is 1.69. The summed E-state index contributed by atoms with van der Waals surface area (Å²) in [5, 5.41) is 9.32. The molecule has 0 bridgehead atoms. The van der Waals surface area contributed by atoms with Gasteiger partial charge in [0.2, 0.25) is 5.95 Å². The standard InChI is InChI=1S/C17H15N5O4/c1-10-9-14(22-26-10)21-17-18-8-7-13(20-17)15(23)19-12-5-3-11(4-6-12)16(24)25-2/h3-9H,1-2H3,(H,19,23)(H,18,20,21,22). The first-order chi connectivity index (χ1) is 12.5. The predicted octanol–water partition coefficient (Wildman–Crippen LogP) is 2.56. The average Bonchev–Trinajstić information content (AvgIpc) is 3.06. The molecule has 2 heterocycles. The largest absolute Gasteiger partial charge is 0.465 e. The maximum atomic E-state index is 12.3. The van der Waals surface area contributed by atoms with Crippen LogP contribution >= 0.6 is 0 Å². The first-order valence-corrected chi connectivity index (χ1v) is 7.58. The van der Waals surface area contributed by atoms with E-state index in [0.717, 1.165) is 0 Å². The van der Waals surface area contributed by atoms with Gasteiger partial charge in [0, 0.05) is 18.0 Å². The van der Waals surface area contributed by atoms with E-state index in [1.54, 1.807) is 37.3 Å². The second-order valence-electron chi connectivity index (χ2n) is 5.24. The number of nitrogens with zero attached hydrogens (tertiary/aromatic N) is 3. The zero-order valence-electron chi connectivity index (χ0n) is 14.0. The molecule has 0 radical (unpaired) electrons. The van der Waals surface area contributed by atoms with E-state index >= 15 is 0 Å². The van der Waals surface area contributed by atoms with Crippen molar-refractivity contribution in [3.05, 3.63) is 59.6 Å². The van der Waals surface area contributed by atoms with Crippen LogP contribution in [-0.2, 0) is 4.74 Å². The van der Waals surface area contributed by atoms with Crippen molar-refractivity contribution in [1.82, 2.24) is 15.1 Å². The normalized spacial score (nSPS) is 10.2. The molecule has 0 saturated carbocycles. The number of nitrogens with one attached hydrogen (secondary N) is 2. The molecule has 3 aromatic rings. The third-order valence-corrected chi connectivity index (χ3v) is 3.32. The lowest BCUT2D eigenvalue weighted by atomic mass is 10.2. The maximum absolute atomic E-state index is 12.3. The van der Waals surface area contributed by atoms with Crippen LogP contribution in [0.3, 0.4) is 0 Å². The molecule has 2 aromatic heterocycles. The quantitative estimate of drug-likeness (QED) is 0.672. The zero-order chi connectivity index (χ0) is 18.5. The minimum Gasteiger partial charge on any atom is -0.465 e. The van der Waals surface area contributed by atoms with E-state index in [1.165, 1.54) is 19.4 Å². The molecular weight excluding hydrogens is 338 g/mol. The first-order valence-electron chi connectivity index (χ1n) is 7.58. The molecule has 0 spiro atoms. The molecule has 1 amide bonds. The number of methoxy groups -OCH3 is 1. The summed E-state index contributed by atoms with van der Waals surface area (Å²) in [6.45, 7) is 1.76. The summed E-state index contributed by atoms with van der Waals surface area (Å²) in [7, 11) is 1.30. The molecule has 0 aliphatic carbocycles. The minimum absolute atomic E-state index is 0.166. The number of carbonyl (C=O) groups is 2. The second-order valence-corrected chi connectivity index (χ2v) is 5.24. The van der Waals surface area contributed by atoms with E-state index in [4.69, 9.17) is 4.52 Å². The zero-order valence-corrected chi connectivity index (χ0v) is 14.0. The molecule has 0 fully saturated rings. The topological polar surface area (TPSA) is 119 Å². The molecular formula is C17H15N5O4. The fraction of sp³-hybridized carbons (Fsp3) is 0.118. The van der Waals surface area contributed by atoms with Gasteiger partial charge in [-0.15, -0.1) is 0 Å². The fourth-order valence-corrected chi connectivity index (χ4v) is 2.09. The summed E-state index contributed by atoms with van der Waals surface area (Å²) >= 11 is 0. The highest BCUT2D eigenvalue weighted by molar-refractivity contribution is 6.03. The van der Waals surface area contributed by atoms with Crippen molar-refractivity contribution >= 4 is 29.3 Å². The Bertz CT molecular complexity index is 936. The van der Waals surface area contributed by atoms with Crippen molar-refractivity contribution < 1.29 is 18.8 Å². The van der Waals surface area contributed by atoms with Crippen LogP contribution in [0.25, 0.3) is 0 Å². The number of hydrogen-bond donors (Lipinski definition) is 2. The molecule has 26 heavy (non-hydrogen) atoms. The summed E-state index contributed by atoms with van der Waals surface area (Å²) in [6.07, 6.45) is 1.46. The molecule has 9 nitrogen and oxygen atoms in total. The number of ether oxygens (including phenoxy) is 1. The maximum Gasteiger partial charge on any atom is 0.337 e. The average molecular weight is 353 g/mol. The van der Waals surface area contributed by atoms with Gasteiger partial charge in [0.15, 0.2) is 5.82 Å². The molecule has 2 N–H and O–H groups in total. The van der Waals surface area contributed by atoms with E-state index in [2.05, 4.69) is 30.5 Å². The van der Waals surface area contributed by atoms with E-state index < -0.39 is 11.9 Å². The van der Waals surface area contributed by atoms with Crippen molar-refractivity contribution in [2.75, 3.05) is 17.7 Å². The molecule has 132 valence electrons. The van der Waals surface area contributed by atoms with E-state index in [0.29, 0.717) is 22.8 Å². The molecule has 0 saturated heterocycles. The van der Waals surface area contributed by atoms with Gasteiger partial charge >= 0.3 is 5.97 Å². The Hall–Kier alpha value is -3.75. The van der Waals surface area contributed by atoms with Crippen LogP contribution in [-0.4, -0.2) is 34.1 Å². The van der Waals surface area contributed by atoms with Gasteiger partial charge < -0.3 is 19.9 Å². The molecule has 0 aliphatic rings. The number of benzene rings is 1. The van der Waals surface area contributed by atoms with Crippen LogP contribution in [0.1, 0.15) is 26.6 Å². The highest BCUT2D eigenvalue weighted by Gasteiger charge is 2.11. The summed E-state index contributed by atoms with van der Waals surface area (Å²) in [5.41, 5.74) is 1.07. The third-order valence-electron chi connectivity index (χ3n) is 3.32. The van der Waals surface area contributed by atoms with Gasteiger partial charge in [-0.2, -0.15) is 0 Å². The Morgan fingerprint density at radius 2 is 1.92 bits per heavy atom. The Labute approximate surface area is 148 Å².